The summed E-state index contributed by atoms with van der Waals surface area (Å²) in [6, 6.07) is 16.3. The second-order valence-electron chi connectivity index (χ2n) is 5.08. The molecule has 0 radical (unpaired) electrons. The highest BCUT2D eigenvalue weighted by molar-refractivity contribution is 5.85. The van der Waals surface area contributed by atoms with Crippen LogP contribution in [0.4, 0.5) is 0 Å². The molecule has 23 heavy (non-hydrogen) atoms. The number of ether oxygens (including phenoxy) is 1. The Morgan fingerprint density at radius 3 is 2.74 bits per heavy atom. The number of hydrogen-bond donors (Lipinski definition) is 1. The van der Waals surface area contributed by atoms with E-state index in [-0.39, 0.29) is 11.7 Å². The monoisotopic (exact) mass is 305 g/mol. The van der Waals surface area contributed by atoms with E-state index in [0.29, 0.717) is 11.3 Å². The SMILES string of the molecule is CC(=O)Oc1cccc(/C=C/c2ccc3cccc(O)c3n2)c1. The molecule has 1 heterocycles. The van der Waals surface area contributed by atoms with Crippen LogP contribution in [0.15, 0.2) is 54.6 Å². The molecular formula is C19H15NO3. The van der Waals surface area contributed by atoms with E-state index in [2.05, 4.69) is 4.98 Å². The fraction of sp³-hybridized carbons (Fsp3) is 0.0526. The Hall–Kier alpha value is -3.14. The number of carbonyl (C=O) groups is 1. The average Bonchev–Trinajstić information content (AvgIpc) is 2.53. The van der Waals surface area contributed by atoms with Crippen LogP contribution >= 0.6 is 0 Å². The van der Waals surface area contributed by atoms with Crippen molar-refractivity contribution in [3.63, 3.8) is 0 Å². The van der Waals surface area contributed by atoms with Crippen LogP contribution in [0.5, 0.6) is 11.5 Å². The number of fused-ring (bicyclic) bond motifs is 1. The Labute approximate surface area is 133 Å². The molecule has 0 aliphatic rings. The lowest BCUT2D eigenvalue weighted by molar-refractivity contribution is -0.131. The summed E-state index contributed by atoms with van der Waals surface area (Å²) >= 11 is 0. The van der Waals surface area contributed by atoms with Gasteiger partial charge in [0, 0.05) is 12.3 Å². The fourth-order valence-electron chi connectivity index (χ4n) is 2.27. The molecule has 114 valence electrons. The highest BCUT2D eigenvalue weighted by Gasteiger charge is 2.01. The largest absolute Gasteiger partial charge is 0.506 e. The normalized spacial score (nSPS) is 11.0. The van der Waals surface area contributed by atoms with Gasteiger partial charge in [0.1, 0.15) is 17.0 Å². The molecule has 0 fully saturated rings. The zero-order valence-corrected chi connectivity index (χ0v) is 12.6. The molecular weight excluding hydrogens is 290 g/mol. The minimum Gasteiger partial charge on any atom is -0.506 e. The van der Waals surface area contributed by atoms with Crippen LogP contribution < -0.4 is 4.74 Å². The minimum atomic E-state index is -0.349. The zero-order valence-electron chi connectivity index (χ0n) is 12.6. The lowest BCUT2D eigenvalue weighted by Crippen LogP contribution is -2.00. The molecule has 3 rings (SSSR count). The van der Waals surface area contributed by atoms with E-state index in [1.165, 1.54) is 6.92 Å². The van der Waals surface area contributed by atoms with Crippen molar-refractivity contribution in [2.24, 2.45) is 0 Å². The van der Waals surface area contributed by atoms with Crippen molar-refractivity contribution in [1.29, 1.82) is 0 Å². The molecule has 0 saturated carbocycles. The van der Waals surface area contributed by atoms with Gasteiger partial charge in [-0.25, -0.2) is 4.98 Å². The van der Waals surface area contributed by atoms with Crippen molar-refractivity contribution in [2.45, 2.75) is 6.92 Å². The van der Waals surface area contributed by atoms with Crippen molar-refractivity contribution in [3.05, 3.63) is 65.9 Å². The van der Waals surface area contributed by atoms with Crippen LogP contribution in [0.1, 0.15) is 18.2 Å². The van der Waals surface area contributed by atoms with Crippen molar-refractivity contribution < 1.29 is 14.6 Å². The Morgan fingerprint density at radius 1 is 1.09 bits per heavy atom. The molecule has 0 unspecified atom stereocenters. The van der Waals surface area contributed by atoms with E-state index < -0.39 is 0 Å². The summed E-state index contributed by atoms with van der Waals surface area (Å²) < 4.78 is 5.06. The maximum atomic E-state index is 11.0. The van der Waals surface area contributed by atoms with Crippen LogP contribution in [0.25, 0.3) is 23.1 Å². The number of carbonyl (C=O) groups excluding carboxylic acids is 1. The maximum absolute atomic E-state index is 11.0. The van der Waals surface area contributed by atoms with Gasteiger partial charge >= 0.3 is 5.97 Å². The summed E-state index contributed by atoms with van der Waals surface area (Å²) in [5.74, 6) is 0.316. The molecule has 3 aromatic rings. The Kier molecular flexibility index (Phi) is 4.06. The standard InChI is InChI=1S/C19H15NO3/c1-13(21)23-17-6-2-4-14(12-17)8-10-16-11-9-15-5-3-7-18(22)19(15)20-16/h2-12,22H,1H3/b10-8+. The number of aromatic nitrogens is 1. The number of para-hydroxylation sites is 1. The first-order valence-electron chi connectivity index (χ1n) is 7.17. The zero-order chi connectivity index (χ0) is 16.2. The number of pyridine rings is 1. The lowest BCUT2D eigenvalue weighted by Gasteiger charge is -2.02. The third-order valence-electron chi connectivity index (χ3n) is 3.29. The number of hydrogen-bond acceptors (Lipinski definition) is 4. The predicted molar refractivity (Wildman–Crippen MR) is 90.1 cm³/mol. The van der Waals surface area contributed by atoms with E-state index in [4.69, 9.17) is 4.74 Å². The molecule has 0 aliphatic heterocycles. The molecule has 0 atom stereocenters. The van der Waals surface area contributed by atoms with Gasteiger partial charge in [-0.3, -0.25) is 4.79 Å². The van der Waals surface area contributed by atoms with Gasteiger partial charge in [0.25, 0.3) is 0 Å². The Bertz CT molecular complexity index is 900. The first-order chi connectivity index (χ1) is 11.1. The highest BCUT2D eigenvalue weighted by Crippen LogP contribution is 2.23. The number of rotatable bonds is 3. The van der Waals surface area contributed by atoms with Gasteiger partial charge in [-0.2, -0.15) is 0 Å². The quantitative estimate of drug-likeness (QED) is 0.586. The summed E-state index contributed by atoms with van der Waals surface area (Å²) in [6.45, 7) is 1.37. The molecule has 1 aromatic heterocycles. The summed E-state index contributed by atoms with van der Waals surface area (Å²) in [7, 11) is 0. The Morgan fingerprint density at radius 2 is 1.91 bits per heavy atom. The molecule has 0 amide bonds. The molecule has 2 aromatic carbocycles. The van der Waals surface area contributed by atoms with E-state index in [0.717, 1.165) is 16.6 Å². The van der Waals surface area contributed by atoms with Gasteiger partial charge < -0.3 is 9.84 Å². The second kappa shape index (κ2) is 6.32. The smallest absolute Gasteiger partial charge is 0.308 e. The highest BCUT2D eigenvalue weighted by atomic mass is 16.5. The van der Waals surface area contributed by atoms with Crippen LogP contribution in [0, 0.1) is 0 Å². The molecule has 0 saturated heterocycles. The van der Waals surface area contributed by atoms with Crippen molar-refractivity contribution in [2.75, 3.05) is 0 Å². The third-order valence-corrected chi connectivity index (χ3v) is 3.29. The number of aromatic hydroxyl groups is 1. The van der Waals surface area contributed by atoms with Crippen LogP contribution in [0.3, 0.4) is 0 Å². The van der Waals surface area contributed by atoms with Crippen LogP contribution in [-0.2, 0) is 4.79 Å². The van der Waals surface area contributed by atoms with Crippen molar-refractivity contribution in [1.82, 2.24) is 4.98 Å². The van der Waals surface area contributed by atoms with Gasteiger partial charge in [0.05, 0.1) is 5.69 Å². The van der Waals surface area contributed by atoms with E-state index in [1.807, 2.05) is 42.5 Å². The maximum Gasteiger partial charge on any atom is 0.308 e. The molecule has 0 spiro atoms. The molecule has 0 bridgehead atoms. The van der Waals surface area contributed by atoms with Gasteiger partial charge in [-0.1, -0.05) is 36.4 Å². The summed E-state index contributed by atoms with van der Waals surface area (Å²) in [5.41, 5.74) is 2.20. The van der Waals surface area contributed by atoms with E-state index >= 15 is 0 Å². The van der Waals surface area contributed by atoms with Gasteiger partial charge in [0.15, 0.2) is 0 Å². The summed E-state index contributed by atoms with van der Waals surface area (Å²) in [4.78, 5) is 15.4. The van der Waals surface area contributed by atoms with Crippen LogP contribution in [0.2, 0.25) is 0 Å². The molecule has 4 heteroatoms. The predicted octanol–water partition coefficient (Wildman–Crippen LogP) is 4.04. The van der Waals surface area contributed by atoms with Gasteiger partial charge in [-0.05, 0) is 35.9 Å². The Balaban J connectivity index is 1.88. The molecule has 0 aliphatic carbocycles. The van der Waals surface area contributed by atoms with Gasteiger partial charge in [0.2, 0.25) is 0 Å². The van der Waals surface area contributed by atoms with Crippen molar-refractivity contribution in [3.8, 4) is 11.5 Å². The van der Waals surface area contributed by atoms with Crippen molar-refractivity contribution >= 4 is 29.0 Å². The number of phenols is 1. The molecule has 1 N–H and O–H groups in total. The fourth-order valence-corrected chi connectivity index (χ4v) is 2.27. The number of esters is 1. The second-order valence-corrected chi connectivity index (χ2v) is 5.08. The third kappa shape index (κ3) is 3.55. The summed E-state index contributed by atoms with van der Waals surface area (Å²) in [5, 5.41) is 10.8. The van der Waals surface area contributed by atoms with E-state index in [1.54, 1.807) is 24.3 Å². The van der Waals surface area contributed by atoms with Crippen LogP contribution in [-0.4, -0.2) is 16.1 Å². The minimum absolute atomic E-state index is 0.162. The number of benzene rings is 2. The first-order valence-corrected chi connectivity index (χ1v) is 7.17. The molecule has 4 nitrogen and oxygen atoms in total. The first kappa shape index (κ1) is 14.8. The van der Waals surface area contributed by atoms with Gasteiger partial charge in [-0.15, -0.1) is 0 Å². The van der Waals surface area contributed by atoms with E-state index in [9.17, 15) is 9.90 Å². The number of phenolic OH excluding ortho intramolecular Hbond substituents is 1. The lowest BCUT2D eigenvalue weighted by atomic mass is 10.1. The summed E-state index contributed by atoms with van der Waals surface area (Å²) in [6.07, 6.45) is 3.72. The average molecular weight is 305 g/mol. The number of nitrogens with zero attached hydrogens (tertiary/aromatic N) is 1. The topological polar surface area (TPSA) is 59.4 Å².